The Labute approximate surface area is 109 Å². The Bertz CT molecular complexity index is 403. The van der Waals surface area contributed by atoms with Crippen molar-refractivity contribution in [1.29, 1.82) is 0 Å². The van der Waals surface area contributed by atoms with Crippen LogP contribution in [0.5, 0.6) is 0 Å². The Kier molecular flexibility index (Phi) is 5.31. The number of carbonyl (C=O) groups is 1. The largest absolute Gasteiger partial charge is 0.369 e. The van der Waals surface area contributed by atoms with E-state index in [0.29, 0.717) is 0 Å². The van der Waals surface area contributed by atoms with Gasteiger partial charge in [0, 0.05) is 19.3 Å². The number of rotatable bonds is 6. The van der Waals surface area contributed by atoms with E-state index < -0.39 is 5.60 Å². The van der Waals surface area contributed by atoms with Gasteiger partial charge >= 0.3 is 0 Å². The molecule has 0 heterocycles. The average Bonchev–Trinajstić information content (AvgIpc) is 2.36. The number of carbonyl (C=O) groups excluding carboxylic acids is 1. The van der Waals surface area contributed by atoms with Crippen molar-refractivity contribution in [1.82, 2.24) is 5.32 Å². The summed E-state index contributed by atoms with van der Waals surface area (Å²) >= 11 is 0. The van der Waals surface area contributed by atoms with E-state index >= 15 is 0 Å². The van der Waals surface area contributed by atoms with Crippen molar-refractivity contribution in [3.05, 3.63) is 29.8 Å². The first-order valence-electron chi connectivity index (χ1n) is 6.16. The lowest BCUT2D eigenvalue weighted by Crippen LogP contribution is -2.38. The Balaban J connectivity index is 2.70. The van der Waals surface area contributed by atoms with Crippen molar-refractivity contribution in [3.63, 3.8) is 0 Å². The third-order valence-electron chi connectivity index (χ3n) is 2.82. The predicted octanol–water partition coefficient (Wildman–Crippen LogP) is 2.16. The second-order valence-corrected chi connectivity index (χ2v) is 4.65. The Morgan fingerprint density at radius 1 is 1.39 bits per heavy atom. The molecule has 0 unspecified atom stereocenters. The van der Waals surface area contributed by atoms with Gasteiger partial charge in [-0.1, -0.05) is 19.1 Å². The quantitative estimate of drug-likeness (QED) is 0.813. The fourth-order valence-corrected chi connectivity index (χ4v) is 1.40. The molecule has 18 heavy (non-hydrogen) atoms. The van der Waals surface area contributed by atoms with E-state index in [1.807, 2.05) is 24.3 Å². The van der Waals surface area contributed by atoms with Crippen LogP contribution in [-0.2, 0) is 16.1 Å². The molecule has 0 fully saturated rings. The maximum atomic E-state index is 11.9. The summed E-state index contributed by atoms with van der Waals surface area (Å²) in [5.41, 5.74) is 1.11. The lowest BCUT2D eigenvalue weighted by atomic mass is 10.1. The van der Waals surface area contributed by atoms with Crippen LogP contribution in [0, 0.1) is 0 Å². The molecule has 1 rings (SSSR count). The fourth-order valence-electron chi connectivity index (χ4n) is 1.40. The van der Waals surface area contributed by atoms with Gasteiger partial charge in [-0.2, -0.15) is 0 Å². The van der Waals surface area contributed by atoms with Gasteiger partial charge in [0.2, 0.25) is 0 Å². The molecule has 4 nitrogen and oxygen atoms in total. The van der Waals surface area contributed by atoms with E-state index in [0.717, 1.165) is 24.3 Å². The van der Waals surface area contributed by atoms with Gasteiger partial charge < -0.3 is 15.4 Å². The van der Waals surface area contributed by atoms with E-state index in [-0.39, 0.29) is 5.91 Å². The number of methoxy groups -OCH3 is 1. The number of hydrogen-bond donors (Lipinski definition) is 2. The van der Waals surface area contributed by atoms with Gasteiger partial charge in [-0.3, -0.25) is 4.79 Å². The predicted molar refractivity (Wildman–Crippen MR) is 73.5 cm³/mol. The highest BCUT2D eigenvalue weighted by atomic mass is 16.5. The molecule has 0 bridgehead atoms. The van der Waals surface area contributed by atoms with Crippen LogP contribution in [0.4, 0.5) is 5.69 Å². The smallest absolute Gasteiger partial charge is 0.256 e. The van der Waals surface area contributed by atoms with E-state index in [1.165, 1.54) is 7.11 Å². The van der Waals surface area contributed by atoms with Gasteiger partial charge in [0.1, 0.15) is 5.60 Å². The Morgan fingerprint density at radius 2 is 2.11 bits per heavy atom. The maximum absolute atomic E-state index is 11.9. The van der Waals surface area contributed by atoms with Crippen molar-refractivity contribution in [2.75, 3.05) is 19.0 Å². The first-order chi connectivity index (χ1) is 8.49. The first kappa shape index (κ1) is 14.7. The minimum atomic E-state index is -0.822. The zero-order chi connectivity index (χ0) is 13.6. The molecule has 1 amide bonds. The molecule has 0 saturated carbocycles. The first-order valence-corrected chi connectivity index (χ1v) is 6.16. The van der Waals surface area contributed by atoms with Gasteiger partial charge in [0.15, 0.2) is 0 Å². The SMILES string of the molecule is CCNCc1cccc(NC(=O)C(C)(C)OC)c1. The second kappa shape index (κ2) is 6.52. The van der Waals surface area contributed by atoms with Crippen molar-refractivity contribution >= 4 is 11.6 Å². The number of nitrogens with one attached hydrogen (secondary N) is 2. The van der Waals surface area contributed by atoms with Gasteiger partial charge in [-0.05, 0) is 38.1 Å². The third kappa shape index (κ3) is 4.13. The van der Waals surface area contributed by atoms with Gasteiger partial charge in [0.05, 0.1) is 0 Å². The zero-order valence-corrected chi connectivity index (χ0v) is 11.5. The summed E-state index contributed by atoms with van der Waals surface area (Å²) in [7, 11) is 1.53. The van der Waals surface area contributed by atoms with Crippen LogP contribution in [0.15, 0.2) is 24.3 Å². The van der Waals surface area contributed by atoms with E-state index in [2.05, 4.69) is 17.6 Å². The fraction of sp³-hybridized carbons (Fsp3) is 0.500. The molecule has 0 aromatic heterocycles. The number of anilines is 1. The molecule has 0 spiro atoms. The Morgan fingerprint density at radius 3 is 2.72 bits per heavy atom. The molecule has 1 aromatic rings. The van der Waals surface area contributed by atoms with Crippen molar-refractivity contribution in [2.24, 2.45) is 0 Å². The van der Waals surface area contributed by atoms with Crippen molar-refractivity contribution < 1.29 is 9.53 Å². The standard InChI is InChI=1S/C14H22N2O2/c1-5-15-10-11-7-6-8-12(9-11)16-13(17)14(2,3)18-4/h6-9,15H,5,10H2,1-4H3,(H,16,17). The third-order valence-corrected chi connectivity index (χ3v) is 2.82. The molecule has 1 aromatic carbocycles. The molecule has 0 aliphatic carbocycles. The second-order valence-electron chi connectivity index (χ2n) is 4.65. The van der Waals surface area contributed by atoms with Crippen molar-refractivity contribution in [3.8, 4) is 0 Å². The summed E-state index contributed by atoms with van der Waals surface area (Å²) in [4.78, 5) is 11.9. The summed E-state index contributed by atoms with van der Waals surface area (Å²) in [5, 5.41) is 6.11. The van der Waals surface area contributed by atoms with Gasteiger partial charge in [-0.15, -0.1) is 0 Å². The van der Waals surface area contributed by atoms with Crippen LogP contribution in [-0.4, -0.2) is 25.2 Å². The van der Waals surface area contributed by atoms with Gasteiger partial charge in [-0.25, -0.2) is 0 Å². The van der Waals surface area contributed by atoms with Crippen LogP contribution in [0.3, 0.4) is 0 Å². The monoisotopic (exact) mass is 250 g/mol. The minimum absolute atomic E-state index is 0.148. The molecule has 0 aliphatic rings. The number of hydrogen-bond acceptors (Lipinski definition) is 3. The summed E-state index contributed by atoms with van der Waals surface area (Å²) in [5.74, 6) is -0.148. The molecule has 100 valence electrons. The summed E-state index contributed by atoms with van der Waals surface area (Å²) in [6.07, 6.45) is 0. The molecular formula is C14H22N2O2. The van der Waals surface area contributed by atoms with Crippen molar-refractivity contribution in [2.45, 2.75) is 32.9 Å². The van der Waals surface area contributed by atoms with Crippen LogP contribution in [0.2, 0.25) is 0 Å². The van der Waals surface area contributed by atoms with Crippen LogP contribution < -0.4 is 10.6 Å². The minimum Gasteiger partial charge on any atom is -0.369 e. The highest BCUT2D eigenvalue weighted by Gasteiger charge is 2.26. The average molecular weight is 250 g/mol. The molecule has 0 aliphatic heterocycles. The van der Waals surface area contributed by atoms with E-state index in [4.69, 9.17) is 4.74 Å². The topological polar surface area (TPSA) is 50.4 Å². The highest BCUT2D eigenvalue weighted by Crippen LogP contribution is 2.15. The lowest BCUT2D eigenvalue weighted by molar-refractivity contribution is -0.133. The zero-order valence-electron chi connectivity index (χ0n) is 11.5. The molecular weight excluding hydrogens is 228 g/mol. The molecule has 2 N–H and O–H groups in total. The Hall–Kier alpha value is -1.39. The highest BCUT2D eigenvalue weighted by molar-refractivity contribution is 5.96. The summed E-state index contributed by atoms with van der Waals surface area (Å²) < 4.78 is 5.14. The molecule has 0 saturated heterocycles. The van der Waals surface area contributed by atoms with E-state index in [1.54, 1.807) is 13.8 Å². The number of amides is 1. The summed E-state index contributed by atoms with van der Waals surface area (Å²) in [6.45, 7) is 7.27. The molecule has 4 heteroatoms. The maximum Gasteiger partial charge on any atom is 0.256 e. The van der Waals surface area contributed by atoms with Gasteiger partial charge in [0.25, 0.3) is 5.91 Å². The number of benzene rings is 1. The lowest BCUT2D eigenvalue weighted by Gasteiger charge is -2.21. The molecule has 0 radical (unpaired) electrons. The normalized spacial score (nSPS) is 11.3. The van der Waals surface area contributed by atoms with Crippen LogP contribution >= 0.6 is 0 Å². The van der Waals surface area contributed by atoms with E-state index in [9.17, 15) is 4.79 Å². The molecule has 0 atom stereocenters. The summed E-state index contributed by atoms with van der Waals surface area (Å²) in [6, 6.07) is 7.80. The van der Waals surface area contributed by atoms with Crippen LogP contribution in [0.25, 0.3) is 0 Å². The number of ether oxygens (including phenoxy) is 1. The van der Waals surface area contributed by atoms with Crippen LogP contribution in [0.1, 0.15) is 26.3 Å².